The lowest BCUT2D eigenvalue weighted by Crippen LogP contribution is -2.56. The summed E-state index contributed by atoms with van der Waals surface area (Å²) >= 11 is 0. The van der Waals surface area contributed by atoms with E-state index in [1.165, 1.54) is 0 Å². The Labute approximate surface area is 209 Å². The van der Waals surface area contributed by atoms with Gasteiger partial charge >= 0.3 is 18.1 Å². The Morgan fingerprint density at radius 2 is 1.58 bits per heavy atom. The zero-order valence-electron chi connectivity index (χ0n) is 21.3. The maximum absolute atomic E-state index is 13.1. The number of benzene rings is 1. The van der Waals surface area contributed by atoms with E-state index in [1.807, 2.05) is 4.90 Å². The molecule has 0 aromatic heterocycles. The fourth-order valence-electron chi connectivity index (χ4n) is 4.99. The summed E-state index contributed by atoms with van der Waals surface area (Å²) in [6, 6.07) is 6.83. The summed E-state index contributed by atoms with van der Waals surface area (Å²) < 4.78 is 48.5. The Hall–Kier alpha value is -2.62. The molecule has 200 valence electrons. The Bertz CT molecular complexity index is 940. The lowest BCUT2D eigenvalue weighted by Gasteiger charge is -2.46. The van der Waals surface area contributed by atoms with E-state index in [-0.39, 0.29) is 30.4 Å². The van der Waals surface area contributed by atoms with Crippen LogP contribution in [-0.4, -0.2) is 72.3 Å². The van der Waals surface area contributed by atoms with Crippen LogP contribution < -0.4 is 0 Å². The molecule has 0 aliphatic carbocycles. The van der Waals surface area contributed by atoms with Crippen molar-refractivity contribution in [2.45, 2.75) is 77.2 Å². The van der Waals surface area contributed by atoms with Crippen LogP contribution in [-0.2, 0) is 24.5 Å². The van der Waals surface area contributed by atoms with E-state index in [9.17, 15) is 27.6 Å². The van der Waals surface area contributed by atoms with Gasteiger partial charge in [-0.05, 0) is 64.2 Å². The van der Waals surface area contributed by atoms with E-state index in [0.29, 0.717) is 44.5 Å². The molecule has 0 bridgehead atoms. The highest BCUT2D eigenvalue weighted by Crippen LogP contribution is 2.32. The topological polar surface area (TPSA) is 76.2 Å². The molecule has 10 heteroatoms. The second-order valence-electron chi connectivity index (χ2n) is 10.1. The lowest BCUT2D eigenvalue weighted by molar-refractivity contribution is -0.222. The average Bonchev–Trinajstić information content (AvgIpc) is 2.84. The molecule has 2 unspecified atom stereocenters. The third-order valence-electron chi connectivity index (χ3n) is 7.21. The quantitative estimate of drug-likeness (QED) is 0.530. The molecule has 36 heavy (non-hydrogen) atoms. The molecule has 1 aromatic rings. The minimum atomic E-state index is -5.03. The number of likely N-dealkylation sites (tertiary alicyclic amines) is 2. The molecule has 1 aromatic carbocycles. The van der Waals surface area contributed by atoms with Gasteiger partial charge in [-0.3, -0.25) is 14.5 Å². The van der Waals surface area contributed by atoms with E-state index in [0.717, 1.165) is 12.0 Å². The number of nitrogens with zero attached hydrogens (tertiary/aromatic N) is 2. The molecule has 0 radical (unpaired) electrons. The van der Waals surface area contributed by atoms with Crippen LogP contribution in [0.5, 0.6) is 0 Å². The Morgan fingerprint density at radius 1 is 0.972 bits per heavy atom. The summed E-state index contributed by atoms with van der Waals surface area (Å²) in [4.78, 5) is 40.4. The summed E-state index contributed by atoms with van der Waals surface area (Å²) in [6.45, 7) is 8.83. The molecular formula is C26H35F3N2O5. The largest absolute Gasteiger partial charge is 0.490 e. The molecule has 0 saturated carbocycles. The van der Waals surface area contributed by atoms with Crippen molar-refractivity contribution in [2.75, 3.05) is 26.2 Å². The highest BCUT2D eigenvalue weighted by molar-refractivity contribution is 5.94. The predicted octanol–water partition coefficient (Wildman–Crippen LogP) is 4.30. The van der Waals surface area contributed by atoms with Gasteiger partial charge < -0.3 is 14.4 Å². The third kappa shape index (κ3) is 6.19. The van der Waals surface area contributed by atoms with Crippen molar-refractivity contribution in [3.05, 3.63) is 35.4 Å². The van der Waals surface area contributed by atoms with Crippen molar-refractivity contribution in [2.24, 2.45) is 5.92 Å². The van der Waals surface area contributed by atoms with Crippen LogP contribution in [0.4, 0.5) is 13.2 Å². The van der Waals surface area contributed by atoms with Gasteiger partial charge in [0.05, 0.1) is 12.0 Å². The molecule has 1 amide bonds. The zero-order valence-corrected chi connectivity index (χ0v) is 21.3. The first-order valence-corrected chi connectivity index (χ1v) is 12.5. The van der Waals surface area contributed by atoms with Crippen LogP contribution in [0.15, 0.2) is 24.3 Å². The van der Waals surface area contributed by atoms with Crippen molar-refractivity contribution in [1.82, 2.24) is 9.80 Å². The molecule has 0 N–H and O–H groups in total. The van der Waals surface area contributed by atoms with Crippen molar-refractivity contribution in [1.29, 1.82) is 0 Å². The fourth-order valence-corrected chi connectivity index (χ4v) is 4.99. The number of ether oxygens (including phenoxy) is 2. The van der Waals surface area contributed by atoms with E-state index in [2.05, 4.69) is 0 Å². The number of carbonyl (C=O) groups excluding carboxylic acids is 3. The zero-order chi connectivity index (χ0) is 26.7. The normalized spacial score (nSPS) is 22.2. The molecule has 2 saturated heterocycles. The number of esters is 2. The third-order valence-corrected chi connectivity index (χ3v) is 7.21. The number of rotatable bonds is 6. The minimum absolute atomic E-state index is 0.0735. The van der Waals surface area contributed by atoms with E-state index in [1.54, 1.807) is 56.9 Å². The first kappa shape index (κ1) is 28.0. The molecule has 0 spiro atoms. The van der Waals surface area contributed by atoms with Gasteiger partial charge in [0, 0.05) is 37.2 Å². The number of carbonyl (C=O) groups is 3. The SMILES string of the molecule is CCOC(=O)C(C)(C)c1ccc(C(=O)N2CCC(N3CCCC(C)C3OC(=O)C(F)(F)F)CC2)cc1. The van der Waals surface area contributed by atoms with Crippen LogP contribution in [0.2, 0.25) is 0 Å². The summed E-state index contributed by atoms with van der Waals surface area (Å²) in [5.41, 5.74) is 0.406. The summed E-state index contributed by atoms with van der Waals surface area (Å²) in [7, 11) is 0. The Kier molecular flexibility index (Phi) is 8.69. The molecule has 3 rings (SSSR count). The van der Waals surface area contributed by atoms with Crippen LogP contribution in [0, 0.1) is 5.92 Å². The molecule has 7 nitrogen and oxygen atoms in total. The molecular weight excluding hydrogens is 477 g/mol. The van der Waals surface area contributed by atoms with Gasteiger partial charge in [-0.15, -0.1) is 0 Å². The summed E-state index contributed by atoms with van der Waals surface area (Å²) in [5, 5.41) is 0. The number of alkyl halides is 3. The average molecular weight is 513 g/mol. The highest BCUT2D eigenvalue weighted by Gasteiger charge is 2.46. The van der Waals surface area contributed by atoms with Gasteiger partial charge in [-0.1, -0.05) is 19.1 Å². The first-order chi connectivity index (χ1) is 16.9. The van der Waals surface area contributed by atoms with E-state index >= 15 is 0 Å². The highest BCUT2D eigenvalue weighted by atomic mass is 19.4. The van der Waals surface area contributed by atoms with Gasteiger partial charge in [0.15, 0.2) is 6.23 Å². The lowest BCUT2D eigenvalue weighted by atomic mass is 9.84. The number of halogens is 3. The Morgan fingerprint density at radius 3 is 2.14 bits per heavy atom. The van der Waals surface area contributed by atoms with Crippen molar-refractivity contribution >= 4 is 17.8 Å². The maximum atomic E-state index is 13.1. The molecule has 2 aliphatic heterocycles. The second-order valence-corrected chi connectivity index (χ2v) is 10.1. The van der Waals surface area contributed by atoms with Gasteiger partial charge in [0.2, 0.25) is 0 Å². The van der Waals surface area contributed by atoms with Crippen LogP contribution in [0.3, 0.4) is 0 Å². The molecule has 2 aliphatic rings. The van der Waals surface area contributed by atoms with E-state index in [4.69, 9.17) is 9.47 Å². The van der Waals surface area contributed by atoms with Crippen LogP contribution in [0.1, 0.15) is 69.3 Å². The predicted molar refractivity (Wildman–Crippen MR) is 126 cm³/mol. The fraction of sp³-hybridized carbons (Fsp3) is 0.654. The first-order valence-electron chi connectivity index (χ1n) is 12.5. The minimum Gasteiger partial charge on any atom is -0.465 e. The summed E-state index contributed by atoms with van der Waals surface area (Å²) in [6.07, 6.45) is -3.30. The van der Waals surface area contributed by atoms with E-state index < -0.39 is 23.8 Å². The van der Waals surface area contributed by atoms with Crippen LogP contribution in [0.25, 0.3) is 0 Å². The molecule has 2 fully saturated rings. The number of amides is 1. The smallest absolute Gasteiger partial charge is 0.465 e. The maximum Gasteiger partial charge on any atom is 0.490 e. The van der Waals surface area contributed by atoms with Gasteiger partial charge in [0.1, 0.15) is 0 Å². The standard InChI is InChI=1S/C26H35F3N2O5/c1-5-35-23(33)25(3,4)19-10-8-18(9-11-19)21(32)30-15-12-20(13-16-30)31-14-6-7-17(2)22(31)36-24(34)26(27,28)29/h8-11,17,20,22H,5-7,12-16H2,1-4H3. The molecule has 2 heterocycles. The second kappa shape index (κ2) is 11.2. The number of hydrogen-bond donors (Lipinski definition) is 0. The van der Waals surface area contributed by atoms with Gasteiger partial charge in [0.25, 0.3) is 5.91 Å². The van der Waals surface area contributed by atoms with Gasteiger partial charge in [-0.2, -0.15) is 13.2 Å². The van der Waals surface area contributed by atoms with Crippen molar-refractivity contribution < 1.29 is 37.0 Å². The van der Waals surface area contributed by atoms with Crippen molar-refractivity contribution in [3.8, 4) is 0 Å². The molecule has 2 atom stereocenters. The van der Waals surface area contributed by atoms with Crippen LogP contribution >= 0.6 is 0 Å². The van der Waals surface area contributed by atoms with Gasteiger partial charge in [-0.25, -0.2) is 4.79 Å². The number of piperidine rings is 2. The number of hydrogen-bond acceptors (Lipinski definition) is 6. The monoisotopic (exact) mass is 512 g/mol. The Balaban J connectivity index is 1.62. The summed E-state index contributed by atoms with van der Waals surface area (Å²) in [5.74, 6) is -2.84. The van der Waals surface area contributed by atoms with Crippen molar-refractivity contribution in [3.63, 3.8) is 0 Å².